The zero-order valence-electron chi connectivity index (χ0n) is 22.3. The molecule has 0 aromatic heterocycles. The standard InChI is InChI=1S/C25H46BrN3O6S/c1-21(30)36-25(2,3)19-23(32)28-14-10-18-35-16-8-7-15-34-17-9-13-27-22(31)11-5-4-6-12-29-24(33)20-26/h4-20H2,1-3H3,(H,27,31)(H,28,32)(H,29,33). The van der Waals surface area contributed by atoms with E-state index in [1.54, 1.807) is 0 Å². The van der Waals surface area contributed by atoms with Crippen molar-refractivity contribution in [2.75, 3.05) is 51.4 Å². The fraction of sp³-hybridized carbons (Fsp3) is 0.840. The third kappa shape index (κ3) is 24.5. The van der Waals surface area contributed by atoms with Gasteiger partial charge in [0, 0.05) is 70.6 Å². The second-order valence-corrected chi connectivity index (χ2v) is 11.6. The van der Waals surface area contributed by atoms with Crippen LogP contribution in [0.25, 0.3) is 0 Å². The van der Waals surface area contributed by atoms with Gasteiger partial charge in [-0.1, -0.05) is 34.1 Å². The average molecular weight is 597 g/mol. The quantitative estimate of drug-likeness (QED) is 0.122. The average Bonchev–Trinajstić information content (AvgIpc) is 2.79. The maximum Gasteiger partial charge on any atom is 0.230 e. The normalized spacial score (nSPS) is 11.2. The van der Waals surface area contributed by atoms with Gasteiger partial charge in [0.25, 0.3) is 0 Å². The number of unbranched alkanes of at least 4 members (excludes halogenated alkanes) is 3. The van der Waals surface area contributed by atoms with Crippen molar-refractivity contribution in [3.8, 4) is 0 Å². The van der Waals surface area contributed by atoms with Crippen LogP contribution in [-0.2, 0) is 28.7 Å². The number of carbonyl (C=O) groups is 4. The van der Waals surface area contributed by atoms with Crippen LogP contribution in [0.1, 0.15) is 78.6 Å². The van der Waals surface area contributed by atoms with Gasteiger partial charge in [-0.2, -0.15) is 0 Å². The van der Waals surface area contributed by atoms with Crippen LogP contribution in [0.2, 0.25) is 0 Å². The summed E-state index contributed by atoms with van der Waals surface area (Å²) in [4.78, 5) is 46.0. The second-order valence-electron chi connectivity index (χ2n) is 9.16. The van der Waals surface area contributed by atoms with Gasteiger partial charge in [0.05, 0.1) is 5.33 Å². The number of carbonyl (C=O) groups excluding carboxylic acids is 4. The molecule has 0 atom stereocenters. The number of rotatable bonds is 23. The van der Waals surface area contributed by atoms with Gasteiger partial charge in [0.15, 0.2) is 5.12 Å². The van der Waals surface area contributed by atoms with Crippen LogP contribution in [0.4, 0.5) is 0 Å². The first-order valence-corrected chi connectivity index (χ1v) is 14.8. The van der Waals surface area contributed by atoms with Crippen LogP contribution >= 0.6 is 27.7 Å². The molecule has 3 N–H and O–H groups in total. The number of thioether (sulfide) groups is 1. The number of ether oxygens (including phenoxy) is 2. The molecule has 3 amide bonds. The number of halogens is 1. The SMILES string of the molecule is CC(=O)SC(C)(C)CC(=O)NCCCOCCCCOCCCNC(=O)CCCCCNC(=O)CBr. The van der Waals surface area contributed by atoms with Gasteiger partial charge >= 0.3 is 0 Å². The van der Waals surface area contributed by atoms with E-state index < -0.39 is 4.75 Å². The summed E-state index contributed by atoms with van der Waals surface area (Å²) < 4.78 is 10.8. The molecule has 0 aliphatic carbocycles. The largest absolute Gasteiger partial charge is 0.381 e. The molecule has 0 radical (unpaired) electrons. The Labute approximate surface area is 229 Å². The van der Waals surface area contributed by atoms with E-state index in [9.17, 15) is 19.2 Å². The predicted octanol–water partition coefficient (Wildman–Crippen LogP) is 3.33. The van der Waals surface area contributed by atoms with Gasteiger partial charge in [-0.15, -0.1) is 0 Å². The molecule has 36 heavy (non-hydrogen) atoms. The molecule has 0 rings (SSSR count). The summed E-state index contributed by atoms with van der Waals surface area (Å²) >= 11 is 4.29. The molecule has 0 saturated carbocycles. The summed E-state index contributed by atoms with van der Waals surface area (Å²) in [5, 5.41) is 8.90. The van der Waals surface area contributed by atoms with E-state index in [0.717, 1.165) is 44.9 Å². The molecule has 9 nitrogen and oxygen atoms in total. The Hall–Kier alpha value is -1.17. The Bertz CT molecular complexity index is 637. The van der Waals surface area contributed by atoms with Crippen LogP contribution in [0, 0.1) is 0 Å². The Kier molecular flexibility index (Phi) is 22.2. The molecule has 0 aromatic carbocycles. The van der Waals surface area contributed by atoms with Crippen molar-refractivity contribution >= 4 is 50.5 Å². The van der Waals surface area contributed by atoms with E-state index in [0.29, 0.717) is 64.2 Å². The lowest BCUT2D eigenvalue weighted by molar-refractivity contribution is -0.122. The van der Waals surface area contributed by atoms with Crippen molar-refractivity contribution in [2.24, 2.45) is 0 Å². The Morgan fingerprint density at radius 1 is 0.694 bits per heavy atom. The summed E-state index contributed by atoms with van der Waals surface area (Å²) in [5.74, 6) is 0.00263. The van der Waals surface area contributed by atoms with Gasteiger partial charge in [0.2, 0.25) is 17.7 Å². The van der Waals surface area contributed by atoms with Gasteiger partial charge in [-0.3, -0.25) is 19.2 Å². The number of hydrogen-bond donors (Lipinski definition) is 3. The van der Waals surface area contributed by atoms with Crippen LogP contribution in [0.3, 0.4) is 0 Å². The van der Waals surface area contributed by atoms with Crippen molar-refractivity contribution in [1.82, 2.24) is 16.0 Å². The molecule has 0 aliphatic heterocycles. The molecule has 0 fully saturated rings. The predicted molar refractivity (Wildman–Crippen MR) is 148 cm³/mol. The second kappa shape index (κ2) is 23.0. The van der Waals surface area contributed by atoms with Crippen LogP contribution in [0.15, 0.2) is 0 Å². The van der Waals surface area contributed by atoms with Crippen molar-refractivity contribution in [2.45, 2.75) is 83.3 Å². The van der Waals surface area contributed by atoms with Gasteiger partial charge in [-0.25, -0.2) is 0 Å². The molecule has 0 aromatic rings. The molecular formula is C25H46BrN3O6S. The molecule has 0 saturated heterocycles. The first-order valence-electron chi connectivity index (χ1n) is 12.9. The maximum atomic E-state index is 12.0. The topological polar surface area (TPSA) is 123 Å². The Balaban J connectivity index is 3.36. The van der Waals surface area contributed by atoms with E-state index in [2.05, 4.69) is 31.9 Å². The Morgan fingerprint density at radius 2 is 1.19 bits per heavy atom. The fourth-order valence-electron chi connectivity index (χ4n) is 3.24. The molecule has 0 aliphatic rings. The molecule has 210 valence electrons. The lowest BCUT2D eigenvalue weighted by atomic mass is 10.1. The molecular weight excluding hydrogens is 550 g/mol. The number of nitrogens with one attached hydrogen (secondary N) is 3. The number of hydrogen-bond acceptors (Lipinski definition) is 7. The first kappa shape index (κ1) is 34.8. The lowest BCUT2D eigenvalue weighted by Gasteiger charge is -2.21. The van der Waals surface area contributed by atoms with Crippen LogP contribution < -0.4 is 16.0 Å². The van der Waals surface area contributed by atoms with Crippen LogP contribution in [0.5, 0.6) is 0 Å². The highest BCUT2D eigenvalue weighted by Crippen LogP contribution is 2.28. The van der Waals surface area contributed by atoms with E-state index in [4.69, 9.17) is 9.47 Å². The molecule has 0 heterocycles. The Morgan fingerprint density at radius 3 is 1.75 bits per heavy atom. The molecule has 0 unspecified atom stereocenters. The molecule has 0 bridgehead atoms. The smallest absolute Gasteiger partial charge is 0.230 e. The van der Waals surface area contributed by atoms with Crippen molar-refractivity contribution < 1.29 is 28.7 Å². The monoisotopic (exact) mass is 595 g/mol. The molecule has 0 spiro atoms. The van der Waals surface area contributed by atoms with Gasteiger partial charge in [-0.05, 0) is 52.4 Å². The lowest BCUT2D eigenvalue weighted by Crippen LogP contribution is -2.32. The summed E-state index contributed by atoms with van der Waals surface area (Å²) in [6.07, 6.45) is 6.82. The summed E-state index contributed by atoms with van der Waals surface area (Å²) in [6, 6.07) is 0. The maximum absolute atomic E-state index is 12.0. The number of amides is 3. The minimum atomic E-state index is -0.391. The zero-order chi connectivity index (χ0) is 27.1. The zero-order valence-corrected chi connectivity index (χ0v) is 24.7. The van der Waals surface area contributed by atoms with Gasteiger partial charge < -0.3 is 25.4 Å². The van der Waals surface area contributed by atoms with E-state index in [-0.39, 0.29) is 22.8 Å². The van der Waals surface area contributed by atoms with Crippen molar-refractivity contribution in [3.05, 3.63) is 0 Å². The summed E-state index contributed by atoms with van der Waals surface area (Å²) in [6.45, 7) is 9.70. The molecule has 11 heteroatoms. The van der Waals surface area contributed by atoms with E-state index in [1.807, 2.05) is 13.8 Å². The van der Waals surface area contributed by atoms with Crippen molar-refractivity contribution in [1.29, 1.82) is 0 Å². The third-order valence-corrected chi connectivity index (χ3v) is 6.43. The van der Waals surface area contributed by atoms with E-state index in [1.165, 1.54) is 18.7 Å². The van der Waals surface area contributed by atoms with E-state index >= 15 is 0 Å². The highest BCUT2D eigenvalue weighted by molar-refractivity contribution is 9.09. The first-order chi connectivity index (χ1) is 17.2. The van der Waals surface area contributed by atoms with Crippen molar-refractivity contribution in [3.63, 3.8) is 0 Å². The fourth-order valence-corrected chi connectivity index (χ4v) is 4.42. The number of alkyl halides is 1. The third-order valence-electron chi connectivity index (χ3n) is 4.93. The minimum Gasteiger partial charge on any atom is -0.381 e. The highest BCUT2D eigenvalue weighted by Gasteiger charge is 2.24. The summed E-state index contributed by atoms with van der Waals surface area (Å²) in [7, 11) is 0. The minimum absolute atomic E-state index is 0.0129. The van der Waals surface area contributed by atoms with Gasteiger partial charge in [0.1, 0.15) is 0 Å². The summed E-state index contributed by atoms with van der Waals surface area (Å²) in [5.41, 5.74) is 0. The van der Waals surface area contributed by atoms with Crippen LogP contribution in [-0.4, -0.2) is 79.0 Å². The highest BCUT2D eigenvalue weighted by atomic mass is 79.9.